The summed E-state index contributed by atoms with van der Waals surface area (Å²) in [5, 5.41) is 0. The molecule has 29 heavy (non-hydrogen) atoms. The maximum Gasteiger partial charge on any atom is 0.226 e. The van der Waals surface area contributed by atoms with E-state index in [0.717, 1.165) is 25.9 Å². The van der Waals surface area contributed by atoms with E-state index in [1.807, 2.05) is 11.9 Å². The molecule has 0 radical (unpaired) electrons. The molecule has 5 heteroatoms. The van der Waals surface area contributed by atoms with E-state index >= 15 is 0 Å². The Balaban J connectivity index is 1.26. The van der Waals surface area contributed by atoms with Crippen molar-refractivity contribution in [1.29, 1.82) is 0 Å². The summed E-state index contributed by atoms with van der Waals surface area (Å²) in [6.45, 7) is 5.80. The van der Waals surface area contributed by atoms with Crippen LogP contribution in [0.5, 0.6) is 0 Å². The summed E-state index contributed by atoms with van der Waals surface area (Å²) in [4.78, 5) is 20.0. The molecule has 4 rings (SSSR count). The van der Waals surface area contributed by atoms with Crippen LogP contribution in [0, 0.1) is 5.92 Å². The lowest BCUT2D eigenvalue weighted by atomic mass is 9.92. The van der Waals surface area contributed by atoms with Gasteiger partial charge in [-0.3, -0.25) is 14.6 Å². The number of benzene rings is 1. The number of methoxy groups -OCH3 is 1. The summed E-state index contributed by atoms with van der Waals surface area (Å²) in [6, 6.07) is 10.3. The van der Waals surface area contributed by atoms with Crippen LogP contribution in [-0.2, 0) is 22.4 Å². The molecule has 1 aromatic rings. The minimum atomic E-state index is 0.160. The number of hydrogen-bond donors (Lipinski definition) is 0. The molecule has 1 amide bonds. The number of fused-ring (bicyclic) bond motifs is 1. The van der Waals surface area contributed by atoms with Crippen LogP contribution < -0.4 is 0 Å². The van der Waals surface area contributed by atoms with Gasteiger partial charge in [-0.15, -0.1) is 0 Å². The topological polar surface area (TPSA) is 36.0 Å². The van der Waals surface area contributed by atoms with E-state index in [2.05, 4.69) is 34.1 Å². The lowest BCUT2D eigenvalue weighted by Gasteiger charge is -2.43. The van der Waals surface area contributed by atoms with Gasteiger partial charge in [0.1, 0.15) is 0 Å². The van der Waals surface area contributed by atoms with E-state index in [0.29, 0.717) is 31.1 Å². The zero-order valence-corrected chi connectivity index (χ0v) is 18.2. The molecule has 2 heterocycles. The fourth-order valence-electron chi connectivity index (χ4n) is 5.60. The number of likely N-dealkylation sites (tertiary alicyclic amines) is 2. The molecule has 160 valence electrons. The van der Waals surface area contributed by atoms with Crippen molar-refractivity contribution in [2.24, 2.45) is 5.92 Å². The predicted molar refractivity (Wildman–Crippen MR) is 116 cm³/mol. The normalized spacial score (nSPS) is 24.6. The van der Waals surface area contributed by atoms with Crippen LogP contribution in [0.3, 0.4) is 0 Å². The molecule has 5 nitrogen and oxygen atoms in total. The number of piperidine rings is 2. The van der Waals surface area contributed by atoms with Gasteiger partial charge in [0.05, 0.1) is 12.5 Å². The van der Waals surface area contributed by atoms with Gasteiger partial charge in [-0.1, -0.05) is 24.3 Å². The Hall–Kier alpha value is -1.43. The van der Waals surface area contributed by atoms with Crippen molar-refractivity contribution in [3.05, 3.63) is 35.4 Å². The Morgan fingerprint density at radius 3 is 2.38 bits per heavy atom. The molecule has 2 fully saturated rings. The second kappa shape index (κ2) is 9.59. The molecular formula is C24H37N3O2. The van der Waals surface area contributed by atoms with Gasteiger partial charge >= 0.3 is 0 Å². The van der Waals surface area contributed by atoms with E-state index in [1.54, 1.807) is 18.2 Å². The Labute approximate surface area is 176 Å². The van der Waals surface area contributed by atoms with Crippen molar-refractivity contribution in [3.63, 3.8) is 0 Å². The molecule has 1 aliphatic carbocycles. The molecule has 2 aliphatic heterocycles. The molecule has 0 bridgehead atoms. The highest BCUT2D eigenvalue weighted by molar-refractivity contribution is 5.78. The van der Waals surface area contributed by atoms with Crippen LogP contribution in [0.25, 0.3) is 0 Å². The summed E-state index contributed by atoms with van der Waals surface area (Å²) >= 11 is 0. The second-order valence-corrected chi connectivity index (χ2v) is 9.18. The van der Waals surface area contributed by atoms with Crippen molar-refractivity contribution >= 4 is 5.91 Å². The summed E-state index contributed by atoms with van der Waals surface area (Å²) in [5.74, 6) is 0.459. The van der Waals surface area contributed by atoms with Gasteiger partial charge < -0.3 is 9.64 Å². The van der Waals surface area contributed by atoms with Crippen LogP contribution >= 0.6 is 0 Å². The predicted octanol–water partition coefficient (Wildman–Crippen LogP) is 2.44. The molecule has 0 unspecified atom stereocenters. The van der Waals surface area contributed by atoms with Gasteiger partial charge in [-0.2, -0.15) is 0 Å². The highest BCUT2D eigenvalue weighted by Crippen LogP contribution is 2.30. The third kappa shape index (κ3) is 4.84. The summed E-state index contributed by atoms with van der Waals surface area (Å²) < 4.78 is 5.13. The first-order chi connectivity index (χ1) is 14.2. The van der Waals surface area contributed by atoms with Crippen LogP contribution in [0.4, 0.5) is 0 Å². The molecule has 3 aliphatic rings. The van der Waals surface area contributed by atoms with Crippen LogP contribution in [-0.4, -0.2) is 86.2 Å². The third-order valence-corrected chi connectivity index (χ3v) is 7.37. The average Bonchev–Trinajstić information content (AvgIpc) is 3.21. The van der Waals surface area contributed by atoms with Crippen LogP contribution in [0.1, 0.15) is 36.8 Å². The fraction of sp³-hybridized carbons (Fsp3) is 0.708. The highest BCUT2D eigenvalue weighted by Gasteiger charge is 2.35. The first-order valence-electron chi connectivity index (χ1n) is 11.4. The second-order valence-electron chi connectivity index (χ2n) is 9.18. The smallest absolute Gasteiger partial charge is 0.226 e. The van der Waals surface area contributed by atoms with Crippen molar-refractivity contribution in [2.45, 2.75) is 50.6 Å². The largest absolute Gasteiger partial charge is 0.383 e. The molecule has 2 saturated heterocycles. The Kier molecular flexibility index (Phi) is 6.88. The number of carbonyl (C=O) groups excluding carboxylic acids is 1. The molecular weight excluding hydrogens is 362 g/mol. The highest BCUT2D eigenvalue weighted by atomic mass is 16.5. The summed E-state index contributed by atoms with van der Waals surface area (Å²) in [7, 11) is 3.61. The average molecular weight is 400 g/mol. The van der Waals surface area contributed by atoms with E-state index in [1.165, 1.54) is 38.8 Å². The number of likely N-dealkylation sites (N-methyl/N-ethyl adjacent to an activating group) is 1. The number of carbonyl (C=O) groups is 1. The lowest BCUT2D eigenvalue weighted by Crippen LogP contribution is -2.52. The van der Waals surface area contributed by atoms with Gasteiger partial charge in [-0.05, 0) is 69.3 Å². The van der Waals surface area contributed by atoms with Gasteiger partial charge in [0, 0.05) is 39.3 Å². The van der Waals surface area contributed by atoms with E-state index in [4.69, 9.17) is 4.74 Å². The zero-order valence-electron chi connectivity index (χ0n) is 18.2. The maximum absolute atomic E-state index is 12.8. The van der Waals surface area contributed by atoms with Crippen molar-refractivity contribution < 1.29 is 9.53 Å². The fourth-order valence-corrected chi connectivity index (χ4v) is 5.60. The van der Waals surface area contributed by atoms with Crippen molar-refractivity contribution in [3.8, 4) is 0 Å². The van der Waals surface area contributed by atoms with Crippen molar-refractivity contribution in [2.75, 3.05) is 53.5 Å². The van der Waals surface area contributed by atoms with E-state index in [9.17, 15) is 4.79 Å². The van der Waals surface area contributed by atoms with Gasteiger partial charge in [0.2, 0.25) is 5.91 Å². The van der Waals surface area contributed by atoms with Gasteiger partial charge in [-0.25, -0.2) is 0 Å². The number of nitrogens with zero attached hydrogens (tertiary/aromatic N) is 3. The molecule has 0 N–H and O–H groups in total. The number of hydrogen-bond acceptors (Lipinski definition) is 4. The number of rotatable bonds is 6. The van der Waals surface area contributed by atoms with Crippen LogP contribution in [0.2, 0.25) is 0 Å². The summed E-state index contributed by atoms with van der Waals surface area (Å²) in [5.41, 5.74) is 3.10. The molecule has 0 spiro atoms. The lowest BCUT2D eigenvalue weighted by molar-refractivity contribution is -0.137. The van der Waals surface area contributed by atoms with E-state index < -0.39 is 0 Å². The van der Waals surface area contributed by atoms with Gasteiger partial charge in [0.25, 0.3) is 0 Å². The van der Waals surface area contributed by atoms with Crippen molar-refractivity contribution in [1.82, 2.24) is 14.7 Å². The number of amides is 1. The SMILES string of the molecule is COCCN(C)C(=O)[C@@H]1CCCN(C2CCN(C3Cc4ccccc4C3)CC2)C1. The summed E-state index contributed by atoms with van der Waals surface area (Å²) in [6.07, 6.45) is 7.10. The standard InChI is InChI=1S/C24H37N3O2/c1-25(14-15-29-2)24(28)21-8-5-11-27(18-21)22-9-12-26(13-10-22)23-16-19-6-3-4-7-20(19)17-23/h3-4,6-7,21-23H,5,8-18H2,1-2H3/t21-/m1/s1. The third-order valence-electron chi connectivity index (χ3n) is 7.37. The monoisotopic (exact) mass is 399 g/mol. The molecule has 0 aromatic heterocycles. The first kappa shape index (κ1) is 20.8. The minimum Gasteiger partial charge on any atom is -0.383 e. The van der Waals surface area contributed by atoms with E-state index in [-0.39, 0.29) is 5.92 Å². The number of ether oxygens (including phenoxy) is 1. The van der Waals surface area contributed by atoms with Crippen LogP contribution in [0.15, 0.2) is 24.3 Å². The Morgan fingerprint density at radius 2 is 1.72 bits per heavy atom. The minimum absolute atomic E-state index is 0.160. The molecule has 1 aromatic carbocycles. The maximum atomic E-state index is 12.8. The Morgan fingerprint density at radius 1 is 1.03 bits per heavy atom. The Bertz CT molecular complexity index is 661. The molecule has 1 atom stereocenters. The molecule has 0 saturated carbocycles. The van der Waals surface area contributed by atoms with Gasteiger partial charge in [0.15, 0.2) is 0 Å². The first-order valence-corrected chi connectivity index (χ1v) is 11.4. The zero-order chi connectivity index (χ0) is 20.2. The quantitative estimate of drug-likeness (QED) is 0.736.